The summed E-state index contributed by atoms with van der Waals surface area (Å²) in [4.78, 5) is 0. The van der Waals surface area contributed by atoms with Gasteiger partial charge in [0.15, 0.2) is 0 Å². The van der Waals surface area contributed by atoms with Gasteiger partial charge in [-0.3, -0.25) is 0 Å². The fourth-order valence-corrected chi connectivity index (χ4v) is 5.22. The summed E-state index contributed by atoms with van der Waals surface area (Å²) in [6, 6.07) is 7.27. The van der Waals surface area contributed by atoms with Crippen molar-refractivity contribution in [3.05, 3.63) is 53.4 Å². The molecule has 1 aliphatic rings. The topological polar surface area (TPSA) is 0 Å². The predicted octanol–water partition coefficient (Wildman–Crippen LogP) is 8.20. The molecule has 27 heavy (non-hydrogen) atoms. The molecule has 0 nitrogen and oxygen atoms in total. The van der Waals surface area contributed by atoms with E-state index in [0.717, 1.165) is 54.7 Å². The number of hydrogen-bond acceptors (Lipinski definition) is 1. The number of thiophene rings is 1. The number of benzene rings is 2. The molecular weight excluding hydrogens is 372 g/mol. The SMILES string of the molecule is CCCC1CC=C(c2ccc3c(sc4cc(C(F)(F)F)ccc43)c2F)CC1. The van der Waals surface area contributed by atoms with Crippen molar-refractivity contribution in [3.8, 4) is 0 Å². The molecule has 1 aliphatic carbocycles. The first-order chi connectivity index (χ1) is 12.9. The van der Waals surface area contributed by atoms with Gasteiger partial charge in [-0.05, 0) is 42.9 Å². The quantitative estimate of drug-likeness (QED) is 0.394. The Hall–Kier alpha value is -1.88. The van der Waals surface area contributed by atoms with Crippen LogP contribution < -0.4 is 0 Å². The lowest BCUT2D eigenvalue weighted by atomic mass is 9.84. The van der Waals surface area contributed by atoms with Gasteiger partial charge in [-0.25, -0.2) is 4.39 Å². The number of allylic oxidation sites excluding steroid dienone is 2. The first-order valence-electron chi connectivity index (χ1n) is 9.30. The van der Waals surface area contributed by atoms with Crippen molar-refractivity contribution < 1.29 is 17.6 Å². The number of fused-ring (bicyclic) bond motifs is 3. The van der Waals surface area contributed by atoms with Crippen LogP contribution in [0.15, 0.2) is 36.4 Å². The zero-order valence-electron chi connectivity index (χ0n) is 15.0. The molecule has 0 saturated heterocycles. The van der Waals surface area contributed by atoms with Gasteiger partial charge in [-0.15, -0.1) is 11.3 Å². The Morgan fingerprint density at radius 2 is 1.89 bits per heavy atom. The van der Waals surface area contributed by atoms with Crippen LogP contribution in [0.3, 0.4) is 0 Å². The molecule has 0 amide bonds. The first-order valence-corrected chi connectivity index (χ1v) is 10.1. The Kier molecular flexibility index (Phi) is 4.75. The number of alkyl halides is 3. The maximum Gasteiger partial charge on any atom is 0.416 e. The van der Waals surface area contributed by atoms with Gasteiger partial charge in [-0.1, -0.05) is 44.0 Å². The standard InChI is InChI=1S/C22H20F4S/c1-2-3-13-4-6-14(7-5-13)16-10-11-18-17-9-8-15(22(24,25)26)12-19(17)27-21(18)20(16)23/h6,8-13H,2-5,7H2,1H3. The van der Waals surface area contributed by atoms with E-state index < -0.39 is 11.7 Å². The fraction of sp³-hybridized carbons (Fsp3) is 0.364. The molecule has 5 heteroatoms. The van der Waals surface area contributed by atoms with E-state index in [1.54, 1.807) is 6.07 Å². The van der Waals surface area contributed by atoms with Gasteiger partial charge in [0.25, 0.3) is 0 Å². The van der Waals surface area contributed by atoms with Gasteiger partial charge in [0.2, 0.25) is 0 Å². The van der Waals surface area contributed by atoms with Gasteiger partial charge >= 0.3 is 6.18 Å². The zero-order chi connectivity index (χ0) is 19.2. The Bertz CT molecular complexity index is 1030. The van der Waals surface area contributed by atoms with Crippen LogP contribution in [0.25, 0.3) is 25.7 Å². The number of halogens is 4. The molecule has 1 heterocycles. The van der Waals surface area contributed by atoms with E-state index in [1.807, 2.05) is 6.07 Å². The summed E-state index contributed by atoms with van der Waals surface area (Å²) in [5, 5.41) is 1.36. The molecule has 0 saturated carbocycles. The molecule has 0 fully saturated rings. The third kappa shape index (κ3) is 3.38. The summed E-state index contributed by atoms with van der Waals surface area (Å²) < 4.78 is 55.0. The molecule has 142 valence electrons. The molecule has 4 rings (SSSR count). The molecule has 1 atom stereocenters. The van der Waals surface area contributed by atoms with Crippen molar-refractivity contribution >= 4 is 37.1 Å². The van der Waals surface area contributed by atoms with Crippen molar-refractivity contribution in [2.45, 2.75) is 45.2 Å². The molecule has 0 aliphatic heterocycles. The first kappa shape index (κ1) is 18.5. The summed E-state index contributed by atoms with van der Waals surface area (Å²) in [5.41, 5.74) is 0.925. The van der Waals surface area contributed by atoms with Gasteiger partial charge in [0, 0.05) is 21.0 Å². The highest BCUT2D eigenvalue weighted by atomic mass is 32.1. The highest BCUT2D eigenvalue weighted by Gasteiger charge is 2.31. The van der Waals surface area contributed by atoms with Crippen LogP contribution in [-0.2, 0) is 6.18 Å². The molecular formula is C22H20F4S. The van der Waals surface area contributed by atoms with Crippen LogP contribution in [0.2, 0.25) is 0 Å². The Morgan fingerprint density at radius 1 is 1.11 bits per heavy atom. The van der Waals surface area contributed by atoms with Crippen molar-refractivity contribution in [1.29, 1.82) is 0 Å². The van der Waals surface area contributed by atoms with Crippen LogP contribution in [0.4, 0.5) is 17.6 Å². The summed E-state index contributed by atoms with van der Waals surface area (Å²) in [6.07, 6.45) is 3.01. The molecule has 0 bridgehead atoms. The van der Waals surface area contributed by atoms with Gasteiger partial charge in [-0.2, -0.15) is 13.2 Å². The van der Waals surface area contributed by atoms with Gasteiger partial charge in [0.1, 0.15) is 5.82 Å². The van der Waals surface area contributed by atoms with Crippen LogP contribution >= 0.6 is 11.3 Å². The lowest BCUT2D eigenvalue weighted by Gasteiger charge is -2.22. The summed E-state index contributed by atoms with van der Waals surface area (Å²) >= 11 is 1.10. The van der Waals surface area contributed by atoms with Crippen molar-refractivity contribution in [1.82, 2.24) is 0 Å². The van der Waals surface area contributed by atoms with Gasteiger partial charge in [0.05, 0.1) is 10.3 Å². The van der Waals surface area contributed by atoms with Crippen molar-refractivity contribution in [3.63, 3.8) is 0 Å². The molecule has 3 aromatic rings. The predicted molar refractivity (Wildman–Crippen MR) is 105 cm³/mol. The second-order valence-electron chi connectivity index (χ2n) is 7.27. The Balaban J connectivity index is 1.77. The fourth-order valence-electron chi connectivity index (χ4n) is 4.04. The minimum atomic E-state index is -4.39. The minimum absolute atomic E-state index is 0.303. The third-order valence-electron chi connectivity index (χ3n) is 5.47. The molecule has 1 aromatic heterocycles. The summed E-state index contributed by atoms with van der Waals surface area (Å²) in [6.45, 7) is 2.18. The Morgan fingerprint density at radius 3 is 2.56 bits per heavy atom. The normalized spacial score (nSPS) is 18.3. The van der Waals surface area contributed by atoms with E-state index in [2.05, 4.69) is 13.0 Å². The van der Waals surface area contributed by atoms with Crippen molar-refractivity contribution in [2.75, 3.05) is 0 Å². The van der Waals surface area contributed by atoms with E-state index in [0.29, 0.717) is 31.7 Å². The molecule has 0 N–H and O–H groups in total. The van der Waals surface area contributed by atoms with Crippen LogP contribution in [0, 0.1) is 11.7 Å². The lowest BCUT2D eigenvalue weighted by molar-refractivity contribution is -0.137. The van der Waals surface area contributed by atoms with E-state index in [9.17, 15) is 13.2 Å². The van der Waals surface area contributed by atoms with E-state index in [1.165, 1.54) is 12.5 Å². The third-order valence-corrected chi connectivity index (χ3v) is 6.63. The zero-order valence-corrected chi connectivity index (χ0v) is 15.8. The van der Waals surface area contributed by atoms with Crippen LogP contribution in [-0.4, -0.2) is 0 Å². The summed E-state index contributed by atoms with van der Waals surface area (Å²) in [5.74, 6) is 0.373. The smallest absolute Gasteiger partial charge is 0.205 e. The highest BCUT2D eigenvalue weighted by molar-refractivity contribution is 7.25. The Labute approximate surface area is 159 Å². The average Bonchev–Trinajstić information content (AvgIpc) is 3.01. The second kappa shape index (κ2) is 6.93. The largest absolute Gasteiger partial charge is 0.416 e. The van der Waals surface area contributed by atoms with Gasteiger partial charge < -0.3 is 0 Å². The maximum atomic E-state index is 15.2. The van der Waals surface area contributed by atoms with Crippen LogP contribution in [0.5, 0.6) is 0 Å². The van der Waals surface area contributed by atoms with E-state index in [-0.39, 0.29) is 5.82 Å². The van der Waals surface area contributed by atoms with E-state index in [4.69, 9.17) is 0 Å². The maximum absolute atomic E-state index is 15.2. The number of rotatable bonds is 3. The average molecular weight is 392 g/mol. The molecule has 0 radical (unpaired) electrons. The number of hydrogen-bond donors (Lipinski definition) is 0. The van der Waals surface area contributed by atoms with Crippen molar-refractivity contribution in [2.24, 2.45) is 5.92 Å². The lowest BCUT2D eigenvalue weighted by Crippen LogP contribution is -2.05. The minimum Gasteiger partial charge on any atom is -0.205 e. The highest BCUT2D eigenvalue weighted by Crippen LogP contribution is 2.42. The molecule has 2 aromatic carbocycles. The molecule has 1 unspecified atom stereocenters. The second-order valence-corrected chi connectivity index (χ2v) is 8.33. The van der Waals surface area contributed by atoms with Crippen LogP contribution in [0.1, 0.15) is 50.2 Å². The summed E-state index contributed by atoms with van der Waals surface area (Å²) in [7, 11) is 0. The molecule has 0 spiro atoms. The van der Waals surface area contributed by atoms with E-state index >= 15 is 4.39 Å². The monoisotopic (exact) mass is 392 g/mol.